The van der Waals surface area contributed by atoms with Gasteiger partial charge in [-0.25, -0.2) is 13.8 Å². The number of ketones is 1. The SMILES string of the molecule is CC(=O)NCc1ccc(C(F)(F)F)c(Nc2nc3cc(C(C)=O)c(OCC(F)F)nc3n2C)c1. The van der Waals surface area contributed by atoms with Crippen LogP contribution in [0.15, 0.2) is 24.3 Å². The molecule has 8 nitrogen and oxygen atoms in total. The summed E-state index contributed by atoms with van der Waals surface area (Å²) in [5.74, 6) is -1.24. The number of benzene rings is 1. The van der Waals surface area contributed by atoms with Crippen LogP contribution in [0.3, 0.4) is 0 Å². The van der Waals surface area contributed by atoms with Gasteiger partial charge in [-0.3, -0.25) is 14.2 Å². The maximum atomic E-state index is 13.6. The lowest BCUT2D eigenvalue weighted by atomic mass is 10.1. The highest BCUT2D eigenvalue weighted by atomic mass is 19.4. The van der Waals surface area contributed by atoms with Gasteiger partial charge in [0.25, 0.3) is 6.43 Å². The number of rotatable bonds is 8. The van der Waals surface area contributed by atoms with Gasteiger partial charge < -0.3 is 15.4 Å². The summed E-state index contributed by atoms with van der Waals surface area (Å²) in [5, 5.41) is 5.13. The second-order valence-corrected chi connectivity index (χ2v) is 7.35. The van der Waals surface area contributed by atoms with Gasteiger partial charge in [-0.1, -0.05) is 6.07 Å². The van der Waals surface area contributed by atoms with E-state index in [1.54, 1.807) is 0 Å². The fourth-order valence-electron chi connectivity index (χ4n) is 3.11. The molecule has 2 N–H and O–H groups in total. The third-order valence-corrected chi connectivity index (χ3v) is 4.71. The first-order chi connectivity index (χ1) is 15.9. The first-order valence-electron chi connectivity index (χ1n) is 9.87. The lowest BCUT2D eigenvalue weighted by Crippen LogP contribution is -2.19. The molecule has 182 valence electrons. The third kappa shape index (κ3) is 5.58. The van der Waals surface area contributed by atoms with Crippen molar-refractivity contribution in [1.29, 1.82) is 0 Å². The molecule has 0 saturated carbocycles. The molecule has 0 radical (unpaired) electrons. The number of carbonyl (C=O) groups excluding carboxylic acids is 2. The van der Waals surface area contributed by atoms with E-state index in [2.05, 4.69) is 20.6 Å². The molecule has 1 amide bonds. The number of nitrogens with zero attached hydrogens (tertiary/aromatic N) is 3. The van der Waals surface area contributed by atoms with E-state index in [-0.39, 0.29) is 46.7 Å². The van der Waals surface area contributed by atoms with Gasteiger partial charge in [0, 0.05) is 20.5 Å². The third-order valence-electron chi connectivity index (χ3n) is 4.71. The van der Waals surface area contributed by atoms with Crippen LogP contribution in [0, 0.1) is 0 Å². The molecule has 0 aliphatic carbocycles. The van der Waals surface area contributed by atoms with Crippen molar-refractivity contribution in [2.45, 2.75) is 33.0 Å². The zero-order valence-electron chi connectivity index (χ0n) is 18.3. The molecule has 0 atom stereocenters. The van der Waals surface area contributed by atoms with Crippen molar-refractivity contribution in [1.82, 2.24) is 19.9 Å². The fourth-order valence-corrected chi connectivity index (χ4v) is 3.11. The largest absolute Gasteiger partial charge is 0.471 e. The predicted molar refractivity (Wildman–Crippen MR) is 112 cm³/mol. The molecule has 0 saturated heterocycles. The number of pyridine rings is 1. The number of alkyl halides is 5. The highest BCUT2D eigenvalue weighted by molar-refractivity contribution is 5.99. The Labute approximate surface area is 190 Å². The summed E-state index contributed by atoms with van der Waals surface area (Å²) in [4.78, 5) is 31.4. The second-order valence-electron chi connectivity index (χ2n) is 7.35. The van der Waals surface area contributed by atoms with Crippen molar-refractivity contribution in [3.8, 4) is 5.88 Å². The van der Waals surface area contributed by atoms with Crippen molar-refractivity contribution in [2.75, 3.05) is 11.9 Å². The van der Waals surface area contributed by atoms with Gasteiger partial charge in [0.1, 0.15) is 5.52 Å². The Hall–Kier alpha value is -3.77. The highest BCUT2D eigenvalue weighted by Crippen LogP contribution is 2.37. The average Bonchev–Trinajstić information content (AvgIpc) is 3.03. The fraction of sp³-hybridized carbons (Fsp3) is 0.333. The zero-order chi connectivity index (χ0) is 25.2. The molecule has 0 bridgehead atoms. The van der Waals surface area contributed by atoms with Crippen molar-refractivity contribution < 1.29 is 36.3 Å². The van der Waals surface area contributed by atoms with E-state index < -0.39 is 30.6 Å². The summed E-state index contributed by atoms with van der Waals surface area (Å²) in [6.07, 6.45) is -7.48. The monoisotopic (exact) mass is 485 g/mol. The molecular weight excluding hydrogens is 465 g/mol. The minimum Gasteiger partial charge on any atom is -0.471 e. The minimum atomic E-state index is -4.68. The van der Waals surface area contributed by atoms with Gasteiger partial charge in [-0.15, -0.1) is 0 Å². The molecule has 34 heavy (non-hydrogen) atoms. The Balaban J connectivity index is 2.05. The van der Waals surface area contributed by atoms with Gasteiger partial charge in [0.05, 0.1) is 16.8 Å². The summed E-state index contributed by atoms with van der Waals surface area (Å²) in [5.41, 5.74) is -0.739. The maximum absolute atomic E-state index is 13.6. The lowest BCUT2D eigenvalue weighted by Gasteiger charge is -2.16. The molecule has 3 rings (SSSR count). The molecule has 0 fully saturated rings. The van der Waals surface area contributed by atoms with Crippen molar-refractivity contribution in [3.63, 3.8) is 0 Å². The van der Waals surface area contributed by atoms with Crippen LogP contribution in [-0.2, 0) is 24.6 Å². The van der Waals surface area contributed by atoms with Gasteiger partial charge in [0.2, 0.25) is 17.7 Å². The van der Waals surface area contributed by atoms with Crippen molar-refractivity contribution in [2.24, 2.45) is 7.05 Å². The molecule has 2 aromatic heterocycles. The summed E-state index contributed by atoms with van der Waals surface area (Å²) >= 11 is 0. The number of amides is 1. The summed E-state index contributed by atoms with van der Waals surface area (Å²) in [7, 11) is 1.45. The number of ether oxygens (including phenoxy) is 1. The molecule has 0 unspecified atom stereocenters. The Morgan fingerprint density at radius 2 is 1.85 bits per heavy atom. The zero-order valence-corrected chi connectivity index (χ0v) is 18.3. The normalized spacial score (nSPS) is 11.7. The molecule has 0 aliphatic heterocycles. The Morgan fingerprint density at radius 1 is 1.15 bits per heavy atom. The Morgan fingerprint density at radius 3 is 2.44 bits per heavy atom. The molecular formula is C21H20F5N5O3. The predicted octanol–water partition coefficient (Wildman–Crippen LogP) is 4.21. The van der Waals surface area contributed by atoms with Crippen molar-refractivity contribution in [3.05, 3.63) is 41.0 Å². The van der Waals surface area contributed by atoms with Gasteiger partial charge >= 0.3 is 6.18 Å². The van der Waals surface area contributed by atoms with Crippen LogP contribution >= 0.6 is 0 Å². The Kier molecular flexibility index (Phi) is 7.03. The number of hydrogen-bond donors (Lipinski definition) is 2. The van der Waals surface area contributed by atoms with E-state index in [1.165, 1.54) is 43.7 Å². The number of nitrogens with one attached hydrogen (secondary N) is 2. The lowest BCUT2D eigenvalue weighted by molar-refractivity contribution is -0.137. The molecule has 0 aliphatic rings. The van der Waals surface area contributed by atoms with Gasteiger partial charge in [-0.05, 0) is 30.7 Å². The molecule has 1 aromatic carbocycles. The molecule has 0 spiro atoms. The van der Waals surface area contributed by atoms with Crippen LogP contribution in [0.1, 0.15) is 35.3 Å². The van der Waals surface area contributed by atoms with E-state index in [0.717, 1.165) is 6.07 Å². The summed E-state index contributed by atoms with van der Waals surface area (Å²) in [6, 6.07) is 4.62. The first-order valence-corrected chi connectivity index (χ1v) is 9.87. The number of Topliss-reactive ketones (excluding diaryl/α,β-unsaturated/α-hetero) is 1. The summed E-state index contributed by atoms with van der Waals surface area (Å²) < 4.78 is 72.2. The van der Waals surface area contributed by atoms with Crippen LogP contribution in [0.4, 0.5) is 33.6 Å². The molecule has 3 aromatic rings. The maximum Gasteiger partial charge on any atom is 0.418 e. The Bertz CT molecular complexity index is 1240. The number of carbonyl (C=O) groups is 2. The van der Waals surface area contributed by atoms with Crippen LogP contribution in [0.2, 0.25) is 0 Å². The standard InChI is InChI=1S/C21H20F5N5O3/c1-10(32)13-7-16-18(30-19(13)34-9-17(22)23)31(3)20(29-16)28-15-6-12(8-27-11(2)33)4-5-14(15)21(24,25)26/h4-7,17H,8-9H2,1-3H3,(H,27,33)(H,28,29). The number of fused-ring (bicyclic) bond motifs is 1. The topological polar surface area (TPSA) is 98.1 Å². The molecule has 13 heteroatoms. The number of imidazole rings is 1. The van der Waals surface area contributed by atoms with Gasteiger partial charge in [0.15, 0.2) is 18.0 Å². The number of aromatic nitrogens is 3. The van der Waals surface area contributed by atoms with E-state index in [9.17, 15) is 31.5 Å². The minimum absolute atomic E-state index is 0.0130. The van der Waals surface area contributed by atoms with Crippen LogP contribution in [0.5, 0.6) is 5.88 Å². The van der Waals surface area contributed by atoms with Crippen LogP contribution < -0.4 is 15.4 Å². The number of aryl methyl sites for hydroxylation is 1. The second kappa shape index (κ2) is 9.61. The number of anilines is 2. The average molecular weight is 485 g/mol. The van der Waals surface area contributed by atoms with Gasteiger partial charge in [-0.2, -0.15) is 18.2 Å². The van der Waals surface area contributed by atoms with E-state index >= 15 is 0 Å². The number of halogens is 5. The van der Waals surface area contributed by atoms with Crippen LogP contribution in [0.25, 0.3) is 11.2 Å². The first kappa shape index (κ1) is 24.9. The van der Waals surface area contributed by atoms with Crippen molar-refractivity contribution >= 4 is 34.5 Å². The van der Waals surface area contributed by atoms with E-state index in [4.69, 9.17) is 4.74 Å². The quantitative estimate of drug-likeness (QED) is 0.367. The summed E-state index contributed by atoms with van der Waals surface area (Å²) in [6.45, 7) is 1.50. The molecule has 2 heterocycles. The number of hydrogen-bond acceptors (Lipinski definition) is 6. The van der Waals surface area contributed by atoms with Crippen LogP contribution in [-0.4, -0.2) is 39.3 Å². The highest BCUT2D eigenvalue weighted by Gasteiger charge is 2.34. The van der Waals surface area contributed by atoms with E-state index in [0.29, 0.717) is 5.56 Å². The van der Waals surface area contributed by atoms with E-state index in [1.807, 2.05) is 0 Å². The smallest absolute Gasteiger partial charge is 0.418 e.